The van der Waals surface area contributed by atoms with Crippen molar-refractivity contribution in [1.82, 2.24) is 15.2 Å². The van der Waals surface area contributed by atoms with Gasteiger partial charge in [0.05, 0.1) is 5.52 Å². The van der Waals surface area contributed by atoms with Crippen LogP contribution in [-0.2, 0) is 0 Å². The van der Waals surface area contributed by atoms with E-state index in [-0.39, 0.29) is 0 Å². The Morgan fingerprint density at radius 3 is 2.57 bits per heavy atom. The van der Waals surface area contributed by atoms with Crippen molar-refractivity contribution in [1.29, 1.82) is 0 Å². The molecule has 0 fully saturated rings. The molecule has 21 heavy (non-hydrogen) atoms. The second kappa shape index (κ2) is 5.41. The van der Waals surface area contributed by atoms with Gasteiger partial charge in [-0.15, -0.1) is 10.2 Å². The highest BCUT2D eigenvalue weighted by Gasteiger charge is 2.10. The standard InChI is InChI=1S/C15H13N5S/c1-20(11-6-4-5-10(9-11)14(16)21)15-17-12-7-2-3-8-13(12)18-19-15/h2-9H,1H3,(H2,16,21). The van der Waals surface area contributed by atoms with Gasteiger partial charge in [-0.3, -0.25) is 0 Å². The van der Waals surface area contributed by atoms with E-state index in [9.17, 15) is 0 Å². The third kappa shape index (κ3) is 2.66. The summed E-state index contributed by atoms with van der Waals surface area (Å²) in [6.07, 6.45) is 0. The molecule has 1 aromatic heterocycles. The van der Waals surface area contributed by atoms with Crippen molar-refractivity contribution in [3.63, 3.8) is 0 Å². The minimum atomic E-state index is 0.364. The molecule has 104 valence electrons. The summed E-state index contributed by atoms with van der Waals surface area (Å²) in [6.45, 7) is 0. The van der Waals surface area contributed by atoms with E-state index in [2.05, 4.69) is 15.2 Å². The van der Waals surface area contributed by atoms with Crippen molar-refractivity contribution in [3.8, 4) is 0 Å². The largest absolute Gasteiger partial charge is 0.389 e. The topological polar surface area (TPSA) is 67.9 Å². The Morgan fingerprint density at radius 2 is 1.81 bits per heavy atom. The molecule has 6 heteroatoms. The Balaban J connectivity index is 2.01. The van der Waals surface area contributed by atoms with Crippen LogP contribution in [0.25, 0.3) is 11.0 Å². The molecule has 0 aliphatic heterocycles. The summed E-state index contributed by atoms with van der Waals surface area (Å²) in [5.74, 6) is 0.522. The molecule has 0 spiro atoms. The molecule has 2 N–H and O–H groups in total. The van der Waals surface area contributed by atoms with Gasteiger partial charge in [0.25, 0.3) is 0 Å². The maximum absolute atomic E-state index is 5.67. The van der Waals surface area contributed by atoms with E-state index in [4.69, 9.17) is 18.0 Å². The molecule has 0 saturated carbocycles. The van der Waals surface area contributed by atoms with E-state index in [0.717, 1.165) is 22.3 Å². The average Bonchev–Trinajstić information content (AvgIpc) is 2.53. The van der Waals surface area contributed by atoms with Gasteiger partial charge in [0, 0.05) is 18.3 Å². The van der Waals surface area contributed by atoms with Crippen LogP contribution in [0.5, 0.6) is 0 Å². The molecule has 0 bridgehead atoms. The third-order valence-corrected chi connectivity index (χ3v) is 3.40. The molecule has 0 radical (unpaired) electrons. The SMILES string of the molecule is CN(c1cccc(C(N)=S)c1)c1nnc2ccccc2n1. The van der Waals surface area contributed by atoms with Crippen LogP contribution in [0.1, 0.15) is 5.56 Å². The predicted molar refractivity (Wildman–Crippen MR) is 87.7 cm³/mol. The average molecular weight is 295 g/mol. The number of hydrogen-bond acceptors (Lipinski definition) is 5. The zero-order chi connectivity index (χ0) is 14.8. The molecule has 0 atom stereocenters. The molecule has 5 nitrogen and oxygen atoms in total. The lowest BCUT2D eigenvalue weighted by Gasteiger charge is -2.17. The molecular formula is C15H13N5S. The highest BCUT2D eigenvalue weighted by molar-refractivity contribution is 7.80. The molecule has 2 aromatic carbocycles. The van der Waals surface area contributed by atoms with E-state index in [0.29, 0.717) is 10.9 Å². The maximum Gasteiger partial charge on any atom is 0.250 e. The Kier molecular flexibility index (Phi) is 3.45. The summed E-state index contributed by atoms with van der Waals surface area (Å²) < 4.78 is 0. The first kappa shape index (κ1) is 13.4. The summed E-state index contributed by atoms with van der Waals surface area (Å²) in [5.41, 5.74) is 8.95. The van der Waals surface area contributed by atoms with Crippen molar-refractivity contribution in [3.05, 3.63) is 54.1 Å². The van der Waals surface area contributed by atoms with Gasteiger partial charge in [-0.1, -0.05) is 36.5 Å². The summed E-state index contributed by atoms with van der Waals surface area (Å²) in [7, 11) is 1.88. The maximum atomic E-state index is 5.67. The highest BCUT2D eigenvalue weighted by atomic mass is 32.1. The lowest BCUT2D eigenvalue weighted by atomic mass is 10.2. The fourth-order valence-electron chi connectivity index (χ4n) is 2.00. The number of fused-ring (bicyclic) bond motifs is 1. The Bertz CT molecular complexity index is 818. The van der Waals surface area contributed by atoms with Crippen LogP contribution in [0.4, 0.5) is 11.6 Å². The Hall–Kier alpha value is -2.60. The van der Waals surface area contributed by atoms with E-state index in [1.165, 1.54) is 0 Å². The van der Waals surface area contributed by atoms with E-state index < -0.39 is 0 Å². The van der Waals surface area contributed by atoms with Crippen LogP contribution >= 0.6 is 12.2 Å². The quantitative estimate of drug-likeness (QED) is 0.748. The monoisotopic (exact) mass is 295 g/mol. The molecule has 1 heterocycles. The van der Waals surface area contributed by atoms with Crippen molar-refractivity contribution >= 4 is 39.9 Å². The number of nitrogens with two attached hydrogens (primary N) is 1. The minimum Gasteiger partial charge on any atom is -0.389 e. The first-order valence-corrected chi connectivity index (χ1v) is 6.79. The van der Waals surface area contributed by atoms with Crippen molar-refractivity contribution in [2.24, 2.45) is 5.73 Å². The third-order valence-electron chi connectivity index (χ3n) is 3.17. The number of hydrogen-bond donors (Lipinski definition) is 1. The lowest BCUT2D eigenvalue weighted by Crippen LogP contribution is -2.15. The van der Waals surface area contributed by atoms with Crippen LogP contribution in [0.15, 0.2) is 48.5 Å². The lowest BCUT2D eigenvalue weighted by molar-refractivity contribution is 0.967. The van der Waals surface area contributed by atoms with Gasteiger partial charge >= 0.3 is 0 Å². The van der Waals surface area contributed by atoms with Gasteiger partial charge in [0.1, 0.15) is 10.5 Å². The van der Waals surface area contributed by atoms with E-state index in [1.807, 2.05) is 60.5 Å². The highest BCUT2D eigenvalue weighted by Crippen LogP contribution is 2.22. The molecule has 0 unspecified atom stereocenters. The molecule has 0 saturated heterocycles. The number of rotatable bonds is 3. The van der Waals surface area contributed by atoms with Gasteiger partial charge in [-0.05, 0) is 24.3 Å². The Labute approximate surface area is 127 Å². The summed E-state index contributed by atoms with van der Waals surface area (Å²) in [5, 5.41) is 8.34. The second-order valence-electron chi connectivity index (χ2n) is 4.57. The number of benzene rings is 2. The van der Waals surface area contributed by atoms with Crippen LogP contribution in [0.2, 0.25) is 0 Å². The van der Waals surface area contributed by atoms with Gasteiger partial charge in [-0.25, -0.2) is 4.98 Å². The first-order valence-electron chi connectivity index (χ1n) is 6.38. The number of aromatic nitrogens is 3. The second-order valence-corrected chi connectivity index (χ2v) is 5.01. The van der Waals surface area contributed by atoms with Crippen molar-refractivity contribution in [2.75, 3.05) is 11.9 Å². The zero-order valence-electron chi connectivity index (χ0n) is 11.4. The fourth-order valence-corrected chi connectivity index (χ4v) is 2.12. The molecule has 0 aliphatic carbocycles. The normalized spacial score (nSPS) is 10.5. The van der Waals surface area contributed by atoms with E-state index in [1.54, 1.807) is 0 Å². The summed E-state index contributed by atoms with van der Waals surface area (Å²) in [6, 6.07) is 15.2. The smallest absolute Gasteiger partial charge is 0.250 e. The molecule has 0 amide bonds. The summed E-state index contributed by atoms with van der Waals surface area (Å²) >= 11 is 5.00. The van der Waals surface area contributed by atoms with Crippen molar-refractivity contribution in [2.45, 2.75) is 0 Å². The minimum absolute atomic E-state index is 0.364. The van der Waals surface area contributed by atoms with Crippen LogP contribution in [-0.4, -0.2) is 27.2 Å². The molecule has 3 rings (SSSR count). The van der Waals surface area contributed by atoms with Gasteiger partial charge in [-0.2, -0.15) is 0 Å². The molecule has 0 aliphatic rings. The molecule has 3 aromatic rings. The predicted octanol–water partition coefficient (Wildman–Crippen LogP) is 2.43. The van der Waals surface area contributed by atoms with Crippen LogP contribution in [0, 0.1) is 0 Å². The zero-order valence-corrected chi connectivity index (χ0v) is 12.2. The molecular weight excluding hydrogens is 282 g/mol. The van der Waals surface area contributed by atoms with Crippen molar-refractivity contribution < 1.29 is 0 Å². The number of nitrogens with zero attached hydrogens (tertiary/aromatic N) is 4. The number of anilines is 2. The van der Waals surface area contributed by atoms with Crippen LogP contribution in [0.3, 0.4) is 0 Å². The fraction of sp³-hybridized carbons (Fsp3) is 0.0667. The summed E-state index contributed by atoms with van der Waals surface area (Å²) in [4.78, 5) is 6.73. The number of thiocarbonyl (C=S) groups is 1. The van der Waals surface area contributed by atoms with Gasteiger partial charge in [0.2, 0.25) is 5.95 Å². The van der Waals surface area contributed by atoms with Crippen LogP contribution < -0.4 is 10.6 Å². The van der Waals surface area contributed by atoms with Gasteiger partial charge < -0.3 is 10.6 Å². The Morgan fingerprint density at radius 1 is 1.05 bits per heavy atom. The van der Waals surface area contributed by atoms with E-state index >= 15 is 0 Å². The number of para-hydroxylation sites is 1. The van der Waals surface area contributed by atoms with Gasteiger partial charge in [0.15, 0.2) is 0 Å². The first-order chi connectivity index (χ1) is 10.1.